The molecule has 0 spiro atoms. The summed E-state index contributed by atoms with van der Waals surface area (Å²) in [6, 6.07) is 0. The lowest BCUT2D eigenvalue weighted by molar-refractivity contribution is 0.104. The van der Waals surface area contributed by atoms with Crippen LogP contribution in [0.5, 0.6) is 0 Å². The van der Waals surface area contributed by atoms with Gasteiger partial charge in [-0.2, -0.15) is 0 Å². The van der Waals surface area contributed by atoms with Crippen molar-refractivity contribution in [1.82, 2.24) is 26.0 Å². The summed E-state index contributed by atoms with van der Waals surface area (Å²) in [5, 5.41) is 8.48. The van der Waals surface area contributed by atoms with Crippen molar-refractivity contribution in [3.63, 3.8) is 0 Å². The molecular weight excluding hydrogens is 298 g/mol. The summed E-state index contributed by atoms with van der Waals surface area (Å²) in [6.07, 6.45) is 5.18. The summed E-state index contributed by atoms with van der Waals surface area (Å²) in [6.45, 7) is 18.3. The van der Waals surface area contributed by atoms with E-state index < -0.39 is 0 Å². The molecule has 0 aromatic carbocycles. The van der Waals surface area contributed by atoms with Crippen LogP contribution >= 0.6 is 0 Å². The SMILES string of the molecule is CC.CC.CCCCCNN1CCN(C)CC1.CNCCCNC. The van der Waals surface area contributed by atoms with Crippen molar-refractivity contribution in [3.8, 4) is 0 Å². The van der Waals surface area contributed by atoms with Gasteiger partial charge in [-0.1, -0.05) is 47.5 Å². The Morgan fingerprint density at radius 1 is 0.708 bits per heavy atom. The van der Waals surface area contributed by atoms with E-state index in [2.05, 4.69) is 39.9 Å². The molecule has 0 aliphatic carbocycles. The van der Waals surface area contributed by atoms with E-state index in [0.29, 0.717) is 0 Å². The van der Waals surface area contributed by atoms with Gasteiger partial charge in [0.1, 0.15) is 0 Å². The van der Waals surface area contributed by atoms with Gasteiger partial charge in [-0.3, -0.25) is 5.43 Å². The van der Waals surface area contributed by atoms with Gasteiger partial charge in [0.25, 0.3) is 0 Å². The minimum Gasteiger partial charge on any atom is -0.320 e. The van der Waals surface area contributed by atoms with Gasteiger partial charge in [0.15, 0.2) is 0 Å². The van der Waals surface area contributed by atoms with Crippen molar-refractivity contribution >= 4 is 0 Å². The molecule has 0 aromatic heterocycles. The Balaban J connectivity index is -0.000000341. The van der Waals surface area contributed by atoms with Crippen LogP contribution in [0, 0.1) is 0 Å². The summed E-state index contributed by atoms with van der Waals surface area (Å²) in [5.41, 5.74) is 3.48. The van der Waals surface area contributed by atoms with Crippen molar-refractivity contribution in [2.24, 2.45) is 0 Å². The fourth-order valence-electron chi connectivity index (χ4n) is 2.02. The molecule has 0 amide bonds. The van der Waals surface area contributed by atoms with Crippen LogP contribution in [0.3, 0.4) is 0 Å². The first kappa shape index (κ1) is 28.6. The number of piperazine rings is 1. The van der Waals surface area contributed by atoms with E-state index >= 15 is 0 Å². The molecule has 5 heteroatoms. The molecule has 1 aliphatic rings. The summed E-state index contributed by atoms with van der Waals surface area (Å²) >= 11 is 0. The van der Waals surface area contributed by atoms with E-state index in [-0.39, 0.29) is 0 Å². The molecule has 1 rings (SSSR count). The average molecular weight is 348 g/mol. The Morgan fingerprint density at radius 3 is 1.62 bits per heavy atom. The normalized spacial score (nSPS) is 14.5. The van der Waals surface area contributed by atoms with E-state index in [0.717, 1.165) is 19.6 Å². The highest BCUT2D eigenvalue weighted by atomic mass is 15.5. The average Bonchev–Trinajstić information content (AvgIpc) is 2.65. The highest BCUT2D eigenvalue weighted by Crippen LogP contribution is 1.96. The van der Waals surface area contributed by atoms with Gasteiger partial charge < -0.3 is 15.5 Å². The van der Waals surface area contributed by atoms with E-state index in [1.807, 2.05) is 41.8 Å². The Kier molecular flexibility index (Phi) is 32.9. The van der Waals surface area contributed by atoms with Crippen LogP contribution in [0.4, 0.5) is 0 Å². The molecule has 1 heterocycles. The monoisotopic (exact) mass is 347 g/mol. The first-order valence-electron chi connectivity index (χ1n) is 10.2. The zero-order valence-electron chi connectivity index (χ0n) is 18.2. The molecule has 0 aromatic rings. The lowest BCUT2D eigenvalue weighted by Crippen LogP contribution is -2.50. The highest BCUT2D eigenvalue weighted by Gasteiger charge is 2.11. The summed E-state index contributed by atoms with van der Waals surface area (Å²) in [4.78, 5) is 2.38. The fraction of sp³-hybridized carbons (Fsp3) is 1.00. The Morgan fingerprint density at radius 2 is 1.21 bits per heavy atom. The molecular formula is C19H49N5. The predicted octanol–water partition coefficient (Wildman–Crippen LogP) is 2.80. The zero-order chi connectivity index (χ0) is 19.1. The van der Waals surface area contributed by atoms with Crippen LogP contribution < -0.4 is 16.1 Å². The number of hydrogen-bond acceptors (Lipinski definition) is 5. The number of hydrogen-bond donors (Lipinski definition) is 3. The van der Waals surface area contributed by atoms with Crippen molar-refractivity contribution in [2.75, 3.05) is 67.0 Å². The third-order valence-electron chi connectivity index (χ3n) is 3.47. The molecule has 5 nitrogen and oxygen atoms in total. The number of hydrazine groups is 1. The second-order valence-corrected chi connectivity index (χ2v) is 5.47. The second-order valence-electron chi connectivity index (χ2n) is 5.47. The fourth-order valence-corrected chi connectivity index (χ4v) is 2.02. The first-order chi connectivity index (χ1) is 11.7. The molecule has 150 valence electrons. The molecule has 1 fully saturated rings. The van der Waals surface area contributed by atoms with E-state index in [1.165, 1.54) is 51.9 Å². The number of nitrogens with one attached hydrogen (secondary N) is 3. The number of unbranched alkanes of at least 4 members (excludes halogenated alkanes) is 2. The van der Waals surface area contributed by atoms with Crippen molar-refractivity contribution < 1.29 is 0 Å². The van der Waals surface area contributed by atoms with Gasteiger partial charge in [-0.15, -0.1) is 0 Å². The topological polar surface area (TPSA) is 42.6 Å². The van der Waals surface area contributed by atoms with E-state index in [9.17, 15) is 0 Å². The van der Waals surface area contributed by atoms with Crippen molar-refractivity contribution in [1.29, 1.82) is 0 Å². The van der Waals surface area contributed by atoms with Crippen LogP contribution in [0.25, 0.3) is 0 Å². The molecule has 3 N–H and O–H groups in total. The van der Waals surface area contributed by atoms with E-state index in [1.54, 1.807) is 0 Å². The Bertz CT molecular complexity index is 179. The highest BCUT2D eigenvalue weighted by molar-refractivity contribution is 4.65. The molecule has 24 heavy (non-hydrogen) atoms. The van der Waals surface area contributed by atoms with Gasteiger partial charge in [0.2, 0.25) is 0 Å². The number of rotatable bonds is 9. The van der Waals surface area contributed by atoms with Gasteiger partial charge in [-0.05, 0) is 47.1 Å². The van der Waals surface area contributed by atoms with Crippen LogP contribution in [-0.4, -0.2) is 76.9 Å². The maximum atomic E-state index is 3.48. The Labute approximate surface area is 153 Å². The lowest BCUT2D eigenvalue weighted by Gasteiger charge is -2.32. The van der Waals surface area contributed by atoms with Gasteiger partial charge in [0.05, 0.1) is 0 Å². The third kappa shape index (κ3) is 24.1. The maximum Gasteiger partial charge on any atom is 0.0259 e. The largest absolute Gasteiger partial charge is 0.320 e. The summed E-state index contributed by atoms with van der Waals surface area (Å²) in [5.74, 6) is 0. The molecule has 0 bridgehead atoms. The summed E-state index contributed by atoms with van der Waals surface area (Å²) < 4.78 is 0. The van der Waals surface area contributed by atoms with Crippen LogP contribution in [-0.2, 0) is 0 Å². The number of likely N-dealkylation sites (N-methyl/N-ethyl adjacent to an activating group) is 1. The van der Waals surface area contributed by atoms with Crippen LogP contribution in [0.2, 0.25) is 0 Å². The molecule has 0 radical (unpaired) electrons. The van der Waals surface area contributed by atoms with E-state index in [4.69, 9.17) is 0 Å². The standard InChI is InChI=1S/C10H23N3.C5H14N2.2C2H6/c1-3-4-5-6-11-13-9-7-12(2)8-10-13;1-6-4-3-5-7-2;2*1-2/h11H,3-10H2,1-2H3;6-7H,3-5H2,1-2H3;2*1-2H3. The first-order valence-corrected chi connectivity index (χ1v) is 10.2. The lowest BCUT2D eigenvalue weighted by atomic mass is 10.2. The maximum absolute atomic E-state index is 3.48. The van der Waals surface area contributed by atoms with Crippen molar-refractivity contribution in [3.05, 3.63) is 0 Å². The minimum atomic E-state index is 1.11. The van der Waals surface area contributed by atoms with Gasteiger partial charge in [0, 0.05) is 32.7 Å². The molecule has 0 atom stereocenters. The second kappa shape index (κ2) is 27.6. The zero-order valence-corrected chi connectivity index (χ0v) is 18.2. The quantitative estimate of drug-likeness (QED) is 0.560. The van der Waals surface area contributed by atoms with Crippen molar-refractivity contribution in [2.45, 2.75) is 60.3 Å². The van der Waals surface area contributed by atoms with Gasteiger partial charge >= 0.3 is 0 Å². The molecule has 1 saturated heterocycles. The number of nitrogens with zero attached hydrogens (tertiary/aromatic N) is 2. The molecule has 0 saturated carbocycles. The minimum absolute atomic E-state index is 1.11. The smallest absolute Gasteiger partial charge is 0.0259 e. The van der Waals surface area contributed by atoms with Crippen LogP contribution in [0.15, 0.2) is 0 Å². The molecule has 1 aliphatic heterocycles. The van der Waals surface area contributed by atoms with Gasteiger partial charge in [-0.25, -0.2) is 5.01 Å². The molecule has 0 unspecified atom stereocenters. The Hall–Kier alpha value is -0.200. The third-order valence-corrected chi connectivity index (χ3v) is 3.47. The van der Waals surface area contributed by atoms with Crippen LogP contribution in [0.1, 0.15) is 60.3 Å². The summed E-state index contributed by atoms with van der Waals surface area (Å²) in [7, 11) is 6.12. The predicted molar refractivity (Wildman–Crippen MR) is 112 cm³/mol.